The third kappa shape index (κ3) is 3.44. The molecular formula is C16H16BrN3O3. The molecular weight excluding hydrogens is 362 g/mol. The fraction of sp³-hybridized carbons (Fsp3) is 0.312. The minimum absolute atomic E-state index is 0.218. The number of benzene rings is 1. The van der Waals surface area contributed by atoms with Gasteiger partial charge < -0.3 is 10.0 Å². The van der Waals surface area contributed by atoms with Crippen molar-refractivity contribution < 1.29 is 14.7 Å². The van der Waals surface area contributed by atoms with Crippen molar-refractivity contribution in [1.29, 1.82) is 0 Å². The topological polar surface area (TPSA) is 75.4 Å². The number of aromatic nitrogens is 2. The van der Waals surface area contributed by atoms with Crippen LogP contribution in [0.2, 0.25) is 0 Å². The minimum Gasteiger partial charge on any atom is -0.481 e. The summed E-state index contributed by atoms with van der Waals surface area (Å²) in [5.74, 6) is -1.55. The van der Waals surface area contributed by atoms with Gasteiger partial charge in [0.15, 0.2) is 5.69 Å². The lowest BCUT2D eigenvalue weighted by Crippen LogP contribution is -2.42. The van der Waals surface area contributed by atoms with Crippen LogP contribution >= 0.6 is 15.9 Å². The Hall–Kier alpha value is -2.15. The van der Waals surface area contributed by atoms with Gasteiger partial charge in [0.25, 0.3) is 5.91 Å². The highest BCUT2D eigenvalue weighted by Gasteiger charge is 2.29. The van der Waals surface area contributed by atoms with E-state index in [0.717, 1.165) is 10.2 Å². The smallest absolute Gasteiger partial charge is 0.308 e. The first kappa shape index (κ1) is 15.7. The van der Waals surface area contributed by atoms with Crippen molar-refractivity contribution in [3.63, 3.8) is 0 Å². The standard InChI is InChI=1S/C16H16BrN3O3/c17-12-4-1-5-13(9-12)20-8-6-14(18-20)15(21)19-7-2-3-11(10-19)16(22)23/h1,4-6,8-9,11H,2-3,7,10H2,(H,22,23). The molecule has 1 aliphatic heterocycles. The Labute approximate surface area is 141 Å². The Balaban J connectivity index is 1.77. The molecule has 23 heavy (non-hydrogen) atoms. The zero-order valence-electron chi connectivity index (χ0n) is 12.4. The maximum absolute atomic E-state index is 12.5. The zero-order valence-corrected chi connectivity index (χ0v) is 13.9. The quantitative estimate of drug-likeness (QED) is 0.891. The molecule has 120 valence electrons. The van der Waals surface area contributed by atoms with Crippen molar-refractivity contribution in [2.75, 3.05) is 13.1 Å². The number of carboxylic acids is 1. The van der Waals surface area contributed by atoms with E-state index in [-0.39, 0.29) is 12.5 Å². The number of hydrogen-bond acceptors (Lipinski definition) is 3. The predicted molar refractivity (Wildman–Crippen MR) is 87.5 cm³/mol. The Bertz CT molecular complexity index is 744. The van der Waals surface area contributed by atoms with Crippen LogP contribution in [-0.4, -0.2) is 44.8 Å². The molecule has 1 aromatic carbocycles. The Morgan fingerprint density at radius 2 is 2.13 bits per heavy atom. The number of likely N-dealkylation sites (tertiary alicyclic amines) is 1. The number of amides is 1. The molecule has 1 amide bonds. The molecule has 3 rings (SSSR count). The number of aliphatic carboxylic acids is 1. The molecule has 1 N–H and O–H groups in total. The molecule has 1 fully saturated rings. The van der Waals surface area contributed by atoms with Gasteiger partial charge in [0.05, 0.1) is 11.6 Å². The lowest BCUT2D eigenvalue weighted by atomic mass is 9.98. The summed E-state index contributed by atoms with van der Waals surface area (Å²) in [5, 5.41) is 13.4. The van der Waals surface area contributed by atoms with Gasteiger partial charge in [-0.25, -0.2) is 4.68 Å². The second-order valence-corrected chi connectivity index (χ2v) is 6.47. The maximum Gasteiger partial charge on any atom is 0.308 e. The van der Waals surface area contributed by atoms with Gasteiger partial charge in [-0.05, 0) is 37.1 Å². The average Bonchev–Trinajstić information content (AvgIpc) is 3.04. The van der Waals surface area contributed by atoms with E-state index in [1.807, 2.05) is 24.3 Å². The van der Waals surface area contributed by atoms with Crippen molar-refractivity contribution in [1.82, 2.24) is 14.7 Å². The number of carbonyl (C=O) groups is 2. The number of hydrogen-bond donors (Lipinski definition) is 1. The van der Waals surface area contributed by atoms with E-state index in [0.29, 0.717) is 25.1 Å². The molecule has 7 heteroatoms. The highest BCUT2D eigenvalue weighted by molar-refractivity contribution is 9.10. The monoisotopic (exact) mass is 377 g/mol. The molecule has 1 aromatic heterocycles. The first-order valence-electron chi connectivity index (χ1n) is 7.38. The van der Waals surface area contributed by atoms with Gasteiger partial charge >= 0.3 is 5.97 Å². The van der Waals surface area contributed by atoms with Crippen LogP contribution in [0.25, 0.3) is 5.69 Å². The summed E-state index contributed by atoms with van der Waals surface area (Å²) < 4.78 is 2.56. The lowest BCUT2D eigenvalue weighted by molar-refractivity contribution is -0.143. The average molecular weight is 378 g/mol. The van der Waals surface area contributed by atoms with Gasteiger partial charge in [-0.15, -0.1) is 0 Å². The Morgan fingerprint density at radius 3 is 2.87 bits per heavy atom. The first-order chi connectivity index (χ1) is 11.0. The van der Waals surface area contributed by atoms with E-state index in [9.17, 15) is 9.59 Å². The summed E-state index contributed by atoms with van der Waals surface area (Å²) in [7, 11) is 0. The molecule has 6 nitrogen and oxygen atoms in total. The van der Waals surface area contributed by atoms with E-state index in [2.05, 4.69) is 21.0 Å². The Kier molecular flexibility index (Phi) is 4.47. The summed E-state index contributed by atoms with van der Waals surface area (Å²) in [6, 6.07) is 9.27. The molecule has 0 saturated carbocycles. The van der Waals surface area contributed by atoms with Crippen molar-refractivity contribution >= 4 is 27.8 Å². The number of carbonyl (C=O) groups excluding carboxylic acids is 1. The zero-order chi connectivity index (χ0) is 16.4. The Morgan fingerprint density at radius 1 is 1.30 bits per heavy atom. The molecule has 0 radical (unpaired) electrons. The van der Waals surface area contributed by atoms with Crippen LogP contribution in [-0.2, 0) is 4.79 Å². The third-order valence-electron chi connectivity index (χ3n) is 3.94. The number of nitrogens with zero attached hydrogens (tertiary/aromatic N) is 3. The highest BCUT2D eigenvalue weighted by Crippen LogP contribution is 2.19. The third-order valence-corrected chi connectivity index (χ3v) is 4.43. The predicted octanol–water partition coefficient (Wildman–Crippen LogP) is 2.57. The van der Waals surface area contributed by atoms with Crippen LogP contribution in [0.1, 0.15) is 23.3 Å². The molecule has 1 aliphatic rings. The second kappa shape index (κ2) is 6.54. The largest absolute Gasteiger partial charge is 0.481 e. The molecule has 1 unspecified atom stereocenters. The second-order valence-electron chi connectivity index (χ2n) is 5.55. The van der Waals surface area contributed by atoms with Crippen molar-refractivity contribution in [3.05, 3.63) is 46.7 Å². The van der Waals surface area contributed by atoms with Crippen LogP contribution in [0.3, 0.4) is 0 Å². The highest BCUT2D eigenvalue weighted by atomic mass is 79.9. The molecule has 0 spiro atoms. The fourth-order valence-corrected chi connectivity index (χ4v) is 3.11. The molecule has 2 aromatic rings. The number of carboxylic acid groups (broad SMARTS) is 1. The van der Waals surface area contributed by atoms with Crippen LogP contribution in [0.15, 0.2) is 41.0 Å². The summed E-state index contributed by atoms with van der Waals surface area (Å²) >= 11 is 3.41. The first-order valence-corrected chi connectivity index (χ1v) is 8.17. The van der Waals surface area contributed by atoms with Gasteiger partial charge in [-0.3, -0.25) is 9.59 Å². The lowest BCUT2D eigenvalue weighted by Gasteiger charge is -2.30. The van der Waals surface area contributed by atoms with Gasteiger partial charge in [-0.1, -0.05) is 22.0 Å². The number of piperidine rings is 1. The van der Waals surface area contributed by atoms with Crippen molar-refractivity contribution in [2.45, 2.75) is 12.8 Å². The maximum atomic E-state index is 12.5. The number of halogens is 1. The van der Waals surface area contributed by atoms with Gasteiger partial charge in [-0.2, -0.15) is 5.10 Å². The summed E-state index contributed by atoms with van der Waals surface area (Å²) in [5.41, 5.74) is 1.18. The van der Waals surface area contributed by atoms with E-state index in [1.165, 1.54) is 0 Å². The summed E-state index contributed by atoms with van der Waals surface area (Å²) in [6.45, 7) is 0.824. The van der Waals surface area contributed by atoms with Crippen molar-refractivity contribution in [3.8, 4) is 5.69 Å². The molecule has 2 heterocycles. The van der Waals surface area contributed by atoms with Crippen LogP contribution < -0.4 is 0 Å². The normalized spacial score (nSPS) is 18.0. The fourth-order valence-electron chi connectivity index (χ4n) is 2.73. The van der Waals surface area contributed by atoms with E-state index in [1.54, 1.807) is 21.8 Å². The summed E-state index contributed by atoms with van der Waals surface area (Å²) in [4.78, 5) is 25.2. The van der Waals surface area contributed by atoms with E-state index in [4.69, 9.17) is 5.11 Å². The van der Waals surface area contributed by atoms with E-state index < -0.39 is 11.9 Å². The van der Waals surface area contributed by atoms with Crippen LogP contribution in [0.5, 0.6) is 0 Å². The molecule has 0 aliphatic carbocycles. The number of rotatable bonds is 3. The van der Waals surface area contributed by atoms with Crippen LogP contribution in [0, 0.1) is 5.92 Å². The van der Waals surface area contributed by atoms with Crippen molar-refractivity contribution in [2.24, 2.45) is 5.92 Å². The van der Waals surface area contributed by atoms with Gasteiger partial charge in [0.1, 0.15) is 0 Å². The van der Waals surface area contributed by atoms with Gasteiger partial charge in [0, 0.05) is 23.8 Å². The molecule has 1 atom stereocenters. The van der Waals surface area contributed by atoms with Gasteiger partial charge in [0.2, 0.25) is 0 Å². The summed E-state index contributed by atoms with van der Waals surface area (Å²) in [6.07, 6.45) is 3.05. The molecule has 1 saturated heterocycles. The van der Waals surface area contributed by atoms with E-state index >= 15 is 0 Å². The SMILES string of the molecule is O=C(O)C1CCCN(C(=O)c2ccn(-c3cccc(Br)c3)n2)C1. The van der Waals surface area contributed by atoms with Crippen LogP contribution in [0.4, 0.5) is 0 Å². The molecule has 0 bridgehead atoms. The minimum atomic E-state index is -0.845.